The van der Waals surface area contributed by atoms with Crippen LogP contribution < -0.4 is 10.6 Å². The number of nitrogens with one attached hydrogen (secondary N) is 2. The Kier molecular flexibility index (Phi) is 14.5. The molecule has 1 atom stereocenters. The van der Waals surface area contributed by atoms with Crippen LogP contribution in [0.1, 0.15) is 46.0 Å². The van der Waals surface area contributed by atoms with Gasteiger partial charge in [0, 0.05) is 39.4 Å². The summed E-state index contributed by atoms with van der Waals surface area (Å²) in [5.41, 5.74) is 0. The van der Waals surface area contributed by atoms with Gasteiger partial charge in [-0.25, -0.2) is 0 Å². The summed E-state index contributed by atoms with van der Waals surface area (Å²) >= 11 is 0. The molecule has 0 spiro atoms. The van der Waals surface area contributed by atoms with Crippen molar-refractivity contribution in [3.63, 3.8) is 0 Å². The number of ether oxygens (including phenoxy) is 1. The van der Waals surface area contributed by atoms with Gasteiger partial charge in [-0.05, 0) is 38.8 Å². The maximum absolute atomic E-state index is 5.55. The second-order valence-electron chi connectivity index (χ2n) is 5.62. The predicted molar refractivity (Wildman–Crippen MR) is 105 cm³/mol. The summed E-state index contributed by atoms with van der Waals surface area (Å²) < 4.78 is 5.55. The molecule has 0 bridgehead atoms. The van der Waals surface area contributed by atoms with Crippen LogP contribution in [0.4, 0.5) is 0 Å². The Morgan fingerprint density at radius 3 is 2.68 bits per heavy atom. The third kappa shape index (κ3) is 9.15. The summed E-state index contributed by atoms with van der Waals surface area (Å²) in [7, 11) is 1.83. The zero-order chi connectivity index (χ0) is 15.3. The molecular formula is C16H35IN4O. The van der Waals surface area contributed by atoms with Crippen LogP contribution in [0.5, 0.6) is 0 Å². The van der Waals surface area contributed by atoms with Crippen molar-refractivity contribution in [3.05, 3.63) is 0 Å². The number of hydrogen-bond donors (Lipinski definition) is 2. The summed E-state index contributed by atoms with van der Waals surface area (Å²) in [6.07, 6.45) is 6.00. The molecule has 1 saturated heterocycles. The van der Waals surface area contributed by atoms with Gasteiger partial charge in [-0.3, -0.25) is 9.89 Å². The van der Waals surface area contributed by atoms with Gasteiger partial charge in [0.05, 0.1) is 0 Å². The number of nitrogens with zero attached hydrogens (tertiary/aromatic N) is 2. The molecule has 1 aliphatic rings. The zero-order valence-corrected chi connectivity index (χ0v) is 16.9. The van der Waals surface area contributed by atoms with E-state index in [1.54, 1.807) is 0 Å². The molecule has 0 aliphatic carbocycles. The first kappa shape index (κ1) is 21.9. The quantitative estimate of drug-likeness (QED) is 0.244. The van der Waals surface area contributed by atoms with E-state index in [2.05, 4.69) is 34.4 Å². The normalized spacial score (nSPS) is 19.0. The molecule has 1 aliphatic heterocycles. The van der Waals surface area contributed by atoms with Gasteiger partial charge in [-0.2, -0.15) is 0 Å². The minimum Gasteiger partial charge on any atom is -0.381 e. The Bertz CT molecular complexity index is 289. The van der Waals surface area contributed by atoms with E-state index in [4.69, 9.17) is 4.74 Å². The summed E-state index contributed by atoms with van der Waals surface area (Å²) in [5.74, 6) is 0.909. The summed E-state index contributed by atoms with van der Waals surface area (Å²) in [5, 5.41) is 6.80. The van der Waals surface area contributed by atoms with Crippen LogP contribution in [-0.2, 0) is 4.74 Å². The van der Waals surface area contributed by atoms with E-state index in [1.807, 2.05) is 7.05 Å². The first-order valence-corrected chi connectivity index (χ1v) is 8.58. The highest BCUT2D eigenvalue weighted by Gasteiger charge is 2.22. The number of likely N-dealkylation sites (N-methyl/N-ethyl adjacent to an activating group) is 1. The lowest BCUT2D eigenvalue weighted by Gasteiger charge is -2.23. The van der Waals surface area contributed by atoms with Gasteiger partial charge in [-0.1, -0.05) is 20.3 Å². The monoisotopic (exact) mass is 426 g/mol. The molecule has 5 nitrogen and oxygen atoms in total. The lowest BCUT2D eigenvalue weighted by molar-refractivity contribution is 0.129. The first-order chi connectivity index (χ1) is 10.3. The minimum atomic E-state index is 0. The first-order valence-electron chi connectivity index (χ1n) is 8.58. The Balaban J connectivity index is 0.00000441. The van der Waals surface area contributed by atoms with Crippen molar-refractivity contribution in [2.24, 2.45) is 4.99 Å². The lowest BCUT2D eigenvalue weighted by atomic mass is 10.2. The van der Waals surface area contributed by atoms with Crippen molar-refractivity contribution in [2.45, 2.75) is 52.0 Å². The maximum Gasteiger partial charge on any atom is 0.191 e. The Morgan fingerprint density at radius 2 is 2.00 bits per heavy atom. The van der Waals surface area contributed by atoms with E-state index in [0.29, 0.717) is 6.04 Å². The molecule has 6 heteroatoms. The number of aliphatic imine (C=N–C) groups is 1. The molecule has 0 radical (unpaired) electrons. The van der Waals surface area contributed by atoms with Crippen LogP contribution in [0, 0.1) is 0 Å². The number of likely N-dealkylation sites (tertiary alicyclic amines) is 1. The van der Waals surface area contributed by atoms with Crippen molar-refractivity contribution in [1.29, 1.82) is 0 Å². The molecule has 0 aromatic heterocycles. The smallest absolute Gasteiger partial charge is 0.191 e. The number of guanidine groups is 1. The molecule has 0 aromatic carbocycles. The van der Waals surface area contributed by atoms with Crippen molar-refractivity contribution in [1.82, 2.24) is 15.5 Å². The Morgan fingerprint density at radius 1 is 1.23 bits per heavy atom. The van der Waals surface area contributed by atoms with Crippen LogP contribution >= 0.6 is 24.0 Å². The van der Waals surface area contributed by atoms with Gasteiger partial charge < -0.3 is 15.4 Å². The Labute approximate surface area is 153 Å². The van der Waals surface area contributed by atoms with Crippen LogP contribution in [-0.4, -0.2) is 63.3 Å². The summed E-state index contributed by atoms with van der Waals surface area (Å²) in [6, 6.07) is 0.658. The maximum atomic E-state index is 5.55. The number of hydrogen-bond acceptors (Lipinski definition) is 3. The molecule has 1 rings (SSSR count). The van der Waals surface area contributed by atoms with Gasteiger partial charge >= 0.3 is 0 Å². The van der Waals surface area contributed by atoms with Crippen molar-refractivity contribution in [3.8, 4) is 0 Å². The van der Waals surface area contributed by atoms with Crippen molar-refractivity contribution < 1.29 is 4.74 Å². The van der Waals surface area contributed by atoms with Gasteiger partial charge in [0.25, 0.3) is 0 Å². The fraction of sp³-hybridized carbons (Fsp3) is 0.938. The third-order valence-corrected chi connectivity index (χ3v) is 4.03. The summed E-state index contributed by atoms with van der Waals surface area (Å²) in [6.45, 7) is 10.4. The molecule has 2 N–H and O–H groups in total. The fourth-order valence-electron chi connectivity index (χ4n) is 2.71. The molecule has 0 amide bonds. The molecular weight excluding hydrogens is 391 g/mol. The third-order valence-electron chi connectivity index (χ3n) is 4.03. The second-order valence-corrected chi connectivity index (χ2v) is 5.62. The highest BCUT2D eigenvalue weighted by atomic mass is 127. The van der Waals surface area contributed by atoms with Gasteiger partial charge in [0.2, 0.25) is 0 Å². The van der Waals surface area contributed by atoms with E-state index in [1.165, 1.54) is 25.8 Å². The van der Waals surface area contributed by atoms with Crippen molar-refractivity contribution >= 4 is 29.9 Å². The highest BCUT2D eigenvalue weighted by Crippen LogP contribution is 2.15. The average molecular weight is 426 g/mol. The summed E-state index contributed by atoms with van der Waals surface area (Å²) in [4.78, 5) is 6.83. The van der Waals surface area contributed by atoms with Crippen molar-refractivity contribution in [2.75, 3.05) is 46.4 Å². The van der Waals surface area contributed by atoms with Gasteiger partial charge in [0.1, 0.15) is 0 Å². The number of unbranched alkanes of at least 4 members (excludes halogenated alkanes) is 1. The molecule has 0 aromatic rings. The van der Waals surface area contributed by atoms with E-state index in [9.17, 15) is 0 Å². The van der Waals surface area contributed by atoms with E-state index in [0.717, 1.165) is 51.6 Å². The number of rotatable bonds is 10. The molecule has 132 valence electrons. The average Bonchev–Trinajstić information content (AvgIpc) is 2.97. The standard InChI is InChI=1S/C16H34N4O.HI/c1-4-6-12-21-13-8-10-18-16(17-3)19-14-15-9-7-11-20(15)5-2;/h15H,4-14H2,1-3H3,(H2,17,18,19);1H. The fourth-order valence-corrected chi connectivity index (χ4v) is 2.71. The zero-order valence-electron chi connectivity index (χ0n) is 14.6. The predicted octanol–water partition coefficient (Wildman–Crippen LogP) is 2.46. The lowest BCUT2D eigenvalue weighted by Crippen LogP contribution is -2.45. The van der Waals surface area contributed by atoms with Gasteiger partial charge in [0.15, 0.2) is 5.96 Å². The SMILES string of the molecule is CCCCOCCCNC(=NC)NCC1CCCN1CC.I. The van der Waals surface area contributed by atoms with E-state index < -0.39 is 0 Å². The van der Waals surface area contributed by atoms with Crippen LogP contribution in [0.15, 0.2) is 4.99 Å². The molecule has 22 heavy (non-hydrogen) atoms. The van der Waals surface area contributed by atoms with E-state index in [-0.39, 0.29) is 24.0 Å². The largest absolute Gasteiger partial charge is 0.381 e. The van der Waals surface area contributed by atoms with Crippen LogP contribution in [0.25, 0.3) is 0 Å². The van der Waals surface area contributed by atoms with Crippen LogP contribution in [0.2, 0.25) is 0 Å². The number of halogens is 1. The molecule has 1 fully saturated rings. The highest BCUT2D eigenvalue weighted by molar-refractivity contribution is 14.0. The Hall–Kier alpha value is -0.0800. The molecule has 0 saturated carbocycles. The second kappa shape index (κ2) is 14.5. The van der Waals surface area contributed by atoms with Gasteiger partial charge in [-0.15, -0.1) is 24.0 Å². The molecule has 1 heterocycles. The molecule has 1 unspecified atom stereocenters. The van der Waals surface area contributed by atoms with E-state index >= 15 is 0 Å². The topological polar surface area (TPSA) is 48.9 Å². The minimum absolute atomic E-state index is 0. The van der Waals surface area contributed by atoms with Crippen LogP contribution in [0.3, 0.4) is 0 Å².